The Bertz CT molecular complexity index is 580. The van der Waals surface area contributed by atoms with Gasteiger partial charge >= 0.3 is 6.09 Å². The van der Waals surface area contributed by atoms with E-state index in [-0.39, 0.29) is 30.1 Å². The molecule has 27 heavy (non-hydrogen) atoms. The van der Waals surface area contributed by atoms with E-state index >= 15 is 0 Å². The van der Waals surface area contributed by atoms with E-state index in [0.29, 0.717) is 25.7 Å². The Hall–Kier alpha value is -1.45. The molecule has 2 rings (SSSR count). The average molecular weight is 492 g/mol. The average Bonchev–Trinajstić information content (AvgIpc) is 3.25. The van der Waals surface area contributed by atoms with Gasteiger partial charge < -0.3 is 24.7 Å². The summed E-state index contributed by atoms with van der Waals surface area (Å²) in [5.74, 6) is 1.67. The van der Waals surface area contributed by atoms with E-state index in [2.05, 4.69) is 15.6 Å². The van der Waals surface area contributed by atoms with Gasteiger partial charge in [0.05, 0.1) is 6.26 Å². The third-order valence-electron chi connectivity index (χ3n) is 3.81. The van der Waals surface area contributed by atoms with Crippen LogP contribution in [-0.2, 0) is 11.2 Å². The van der Waals surface area contributed by atoms with Gasteiger partial charge in [0.1, 0.15) is 11.4 Å². The maximum atomic E-state index is 12.4. The molecule has 154 valence electrons. The summed E-state index contributed by atoms with van der Waals surface area (Å²) in [6, 6.07) is 4.14. The van der Waals surface area contributed by atoms with Gasteiger partial charge in [-0.2, -0.15) is 0 Å². The number of furan rings is 1. The zero-order valence-corrected chi connectivity index (χ0v) is 19.1. The molecule has 0 radical (unpaired) electrons. The van der Waals surface area contributed by atoms with E-state index in [4.69, 9.17) is 9.15 Å². The van der Waals surface area contributed by atoms with Crippen molar-refractivity contribution in [2.45, 2.75) is 58.6 Å². The molecule has 1 heterocycles. The number of carbonyl (C=O) groups is 1. The van der Waals surface area contributed by atoms with Crippen molar-refractivity contribution in [3.63, 3.8) is 0 Å². The molecule has 1 aliphatic carbocycles. The Labute approximate surface area is 179 Å². The minimum atomic E-state index is -0.472. The fraction of sp³-hybridized carbons (Fsp3) is 0.684. The molecule has 7 nitrogen and oxygen atoms in total. The van der Waals surface area contributed by atoms with Crippen LogP contribution >= 0.6 is 24.0 Å². The molecule has 2 N–H and O–H groups in total. The lowest BCUT2D eigenvalue weighted by atomic mass is 10.2. The lowest BCUT2D eigenvalue weighted by Gasteiger charge is -2.27. The number of hydrogen-bond acceptors (Lipinski definition) is 4. The minimum Gasteiger partial charge on any atom is -0.469 e. The quantitative estimate of drug-likeness (QED) is 0.331. The van der Waals surface area contributed by atoms with Crippen LogP contribution in [0, 0.1) is 0 Å². The second-order valence-electron chi connectivity index (χ2n) is 7.42. The van der Waals surface area contributed by atoms with E-state index < -0.39 is 5.60 Å². The van der Waals surface area contributed by atoms with Gasteiger partial charge in [-0.25, -0.2) is 4.79 Å². The molecule has 0 aliphatic heterocycles. The van der Waals surface area contributed by atoms with Crippen molar-refractivity contribution in [2.75, 3.05) is 26.2 Å². The van der Waals surface area contributed by atoms with Gasteiger partial charge in [0, 0.05) is 38.6 Å². The number of nitrogens with one attached hydrogen (secondary N) is 2. The van der Waals surface area contributed by atoms with Crippen LogP contribution in [0.2, 0.25) is 0 Å². The molecule has 1 amide bonds. The monoisotopic (exact) mass is 492 g/mol. The summed E-state index contributed by atoms with van der Waals surface area (Å²) >= 11 is 0. The number of guanidine groups is 1. The first kappa shape index (κ1) is 23.6. The second kappa shape index (κ2) is 11.4. The molecule has 0 spiro atoms. The van der Waals surface area contributed by atoms with Crippen LogP contribution in [0.15, 0.2) is 27.8 Å². The van der Waals surface area contributed by atoms with Gasteiger partial charge in [0.2, 0.25) is 0 Å². The predicted molar refractivity (Wildman–Crippen MR) is 118 cm³/mol. The second-order valence-corrected chi connectivity index (χ2v) is 7.42. The molecule has 1 aromatic rings. The molecule has 1 saturated carbocycles. The summed E-state index contributed by atoms with van der Waals surface area (Å²) in [6.45, 7) is 10.4. The van der Waals surface area contributed by atoms with Crippen LogP contribution in [0.25, 0.3) is 0 Å². The smallest absolute Gasteiger partial charge is 0.410 e. The number of halogens is 1. The van der Waals surface area contributed by atoms with Crippen molar-refractivity contribution in [1.29, 1.82) is 0 Å². The van der Waals surface area contributed by atoms with Crippen LogP contribution < -0.4 is 10.6 Å². The Kier molecular flexibility index (Phi) is 9.97. The van der Waals surface area contributed by atoms with Crippen molar-refractivity contribution in [2.24, 2.45) is 4.99 Å². The van der Waals surface area contributed by atoms with Crippen LogP contribution in [-0.4, -0.2) is 54.8 Å². The first-order valence-corrected chi connectivity index (χ1v) is 9.43. The highest BCUT2D eigenvalue weighted by Crippen LogP contribution is 2.27. The molecule has 1 aliphatic rings. The Morgan fingerprint density at radius 2 is 2.11 bits per heavy atom. The number of nitrogens with zero attached hydrogens (tertiary/aromatic N) is 2. The molecule has 8 heteroatoms. The number of hydrogen-bond donors (Lipinski definition) is 2. The number of amides is 1. The standard InChI is InChI=1S/C19H32N4O3.HI/c1-5-20-17(21-11-10-16-7-6-14-25-16)22-12-13-23(15-8-9-15)18(24)26-19(2,3)4;/h6-7,14-15H,5,8-13H2,1-4H3,(H2,20,21,22);1H. The fourth-order valence-corrected chi connectivity index (χ4v) is 2.50. The van der Waals surface area contributed by atoms with Crippen molar-refractivity contribution in [3.05, 3.63) is 24.2 Å². The summed E-state index contributed by atoms with van der Waals surface area (Å²) in [4.78, 5) is 18.7. The van der Waals surface area contributed by atoms with Crippen LogP contribution in [0.3, 0.4) is 0 Å². The molecule has 1 aromatic heterocycles. The fourth-order valence-electron chi connectivity index (χ4n) is 2.50. The summed E-state index contributed by atoms with van der Waals surface area (Å²) in [5.41, 5.74) is -0.472. The lowest BCUT2D eigenvalue weighted by Crippen LogP contribution is -2.45. The number of rotatable bonds is 8. The third-order valence-corrected chi connectivity index (χ3v) is 3.81. The largest absolute Gasteiger partial charge is 0.469 e. The normalized spacial score (nSPS) is 14.3. The molecular formula is C19H33IN4O3. The Balaban J connectivity index is 0.00000364. The van der Waals surface area contributed by atoms with Gasteiger partial charge in [-0.3, -0.25) is 4.99 Å². The van der Waals surface area contributed by atoms with Gasteiger partial charge in [0.15, 0.2) is 5.96 Å². The lowest BCUT2D eigenvalue weighted by molar-refractivity contribution is 0.0238. The minimum absolute atomic E-state index is 0. The van der Waals surface area contributed by atoms with Crippen LogP contribution in [0.4, 0.5) is 4.79 Å². The maximum Gasteiger partial charge on any atom is 0.410 e. The van der Waals surface area contributed by atoms with E-state index in [0.717, 1.165) is 37.5 Å². The highest BCUT2D eigenvalue weighted by atomic mass is 127. The molecule has 1 fully saturated rings. The number of aliphatic imine (C=N–C) groups is 1. The molecule has 0 aromatic carbocycles. The van der Waals surface area contributed by atoms with Crippen molar-refractivity contribution in [3.8, 4) is 0 Å². The Morgan fingerprint density at radius 3 is 2.67 bits per heavy atom. The van der Waals surface area contributed by atoms with Gasteiger partial charge in [-0.15, -0.1) is 24.0 Å². The zero-order valence-electron chi connectivity index (χ0n) is 16.8. The van der Waals surface area contributed by atoms with Gasteiger partial charge in [-0.05, 0) is 52.7 Å². The Morgan fingerprint density at radius 1 is 1.37 bits per heavy atom. The topological polar surface area (TPSA) is 79.1 Å². The highest BCUT2D eigenvalue weighted by molar-refractivity contribution is 14.0. The maximum absolute atomic E-state index is 12.4. The molecular weight excluding hydrogens is 459 g/mol. The number of carbonyl (C=O) groups excluding carboxylic acids is 1. The number of ether oxygens (including phenoxy) is 1. The van der Waals surface area contributed by atoms with Gasteiger partial charge in [0.25, 0.3) is 0 Å². The van der Waals surface area contributed by atoms with Crippen LogP contribution in [0.5, 0.6) is 0 Å². The summed E-state index contributed by atoms with van der Waals surface area (Å²) in [6.07, 6.45) is 4.30. The van der Waals surface area contributed by atoms with E-state index in [1.807, 2.05) is 44.7 Å². The van der Waals surface area contributed by atoms with E-state index in [1.54, 1.807) is 6.26 Å². The third kappa shape index (κ3) is 9.34. The SMILES string of the molecule is CCNC(=NCCc1ccco1)NCCN(C(=O)OC(C)(C)C)C1CC1.I. The van der Waals surface area contributed by atoms with Gasteiger partial charge in [-0.1, -0.05) is 0 Å². The molecule has 0 atom stereocenters. The van der Waals surface area contributed by atoms with Crippen molar-refractivity contribution >= 4 is 36.0 Å². The molecule has 0 bridgehead atoms. The molecule has 0 unspecified atom stereocenters. The zero-order chi connectivity index (χ0) is 19.0. The first-order valence-electron chi connectivity index (χ1n) is 9.43. The summed E-state index contributed by atoms with van der Waals surface area (Å²) < 4.78 is 10.8. The summed E-state index contributed by atoms with van der Waals surface area (Å²) in [5, 5.41) is 6.51. The molecule has 0 saturated heterocycles. The highest BCUT2D eigenvalue weighted by Gasteiger charge is 2.34. The summed E-state index contributed by atoms with van der Waals surface area (Å²) in [7, 11) is 0. The van der Waals surface area contributed by atoms with E-state index in [1.165, 1.54) is 0 Å². The van der Waals surface area contributed by atoms with E-state index in [9.17, 15) is 4.79 Å². The first-order chi connectivity index (χ1) is 12.4. The predicted octanol–water partition coefficient (Wildman–Crippen LogP) is 3.39. The van der Waals surface area contributed by atoms with Crippen molar-refractivity contribution < 1.29 is 13.9 Å². The van der Waals surface area contributed by atoms with Crippen molar-refractivity contribution in [1.82, 2.24) is 15.5 Å². The van der Waals surface area contributed by atoms with Crippen LogP contribution in [0.1, 0.15) is 46.3 Å².